The van der Waals surface area contributed by atoms with Crippen molar-refractivity contribution in [3.63, 3.8) is 0 Å². The number of hydrogen-bond donors (Lipinski definition) is 6. The Hall–Kier alpha value is -3.25. The smallest absolute Gasteiger partial charge is 0.550 e. The summed E-state index contributed by atoms with van der Waals surface area (Å²) in [6.07, 6.45) is 8.21. The van der Waals surface area contributed by atoms with Crippen LogP contribution >= 0.6 is 0 Å². The molecule has 1 unspecified atom stereocenters. The normalized spacial score (nSPS) is 19.3. The third-order valence-corrected chi connectivity index (χ3v) is 10.5. The van der Waals surface area contributed by atoms with E-state index < -0.39 is 66.2 Å². The van der Waals surface area contributed by atoms with Crippen molar-refractivity contribution in [3.05, 3.63) is 117 Å². The molecule has 0 saturated carbocycles. The first-order valence-electron chi connectivity index (χ1n) is 18.8. The number of aliphatic imine (C=N–C) groups is 3. The SMILES string of the molecule is C=CC1=C(C)C2=CC3=C(/C=C/NO)C(C)(O)C(=CC4=NC(=CC5=NC(=CC1=N2)C(C)=C5CCC(=O)N[C@@H](CC(=O)[O-])C(=O)[O-])C(CCC(=O)N[C@@H](CC(=O)[O-])C(=O)[O-])=C4C)N3.[Na+].[Na+].[Na+].[Na+]. The molecule has 8 bridgehead atoms. The van der Waals surface area contributed by atoms with Gasteiger partial charge in [-0.3, -0.25) is 20.3 Å². The van der Waals surface area contributed by atoms with Gasteiger partial charge < -0.3 is 60.7 Å². The van der Waals surface area contributed by atoms with E-state index in [9.17, 15) is 59.5 Å². The van der Waals surface area contributed by atoms with Gasteiger partial charge in [-0.15, -0.1) is 0 Å². The molecule has 0 radical (unpaired) electrons. The molecule has 0 aromatic rings. The number of allylic oxidation sites excluding steroid dienone is 11. The number of fused-ring (bicyclic) bond motifs is 5. The second-order valence-corrected chi connectivity index (χ2v) is 14.6. The van der Waals surface area contributed by atoms with Gasteiger partial charge in [0.2, 0.25) is 11.8 Å². The molecule has 23 heteroatoms. The second-order valence-electron chi connectivity index (χ2n) is 14.6. The summed E-state index contributed by atoms with van der Waals surface area (Å²) in [6.45, 7) is 10.8. The van der Waals surface area contributed by atoms with E-state index in [4.69, 9.17) is 15.0 Å². The van der Waals surface area contributed by atoms with Gasteiger partial charge in [0, 0.05) is 60.7 Å². The van der Waals surface area contributed by atoms with Gasteiger partial charge in [-0.05, 0) is 98.8 Å². The number of nitrogens with one attached hydrogen (secondary N) is 4. The minimum absolute atomic E-state index is 0. The predicted molar refractivity (Wildman–Crippen MR) is 209 cm³/mol. The van der Waals surface area contributed by atoms with Crippen molar-refractivity contribution >= 4 is 52.8 Å². The molecule has 3 atom stereocenters. The number of hydrogen-bond acceptors (Lipinski definition) is 17. The number of carbonyl (C=O) groups excluding carboxylic acids is 6. The fourth-order valence-corrected chi connectivity index (χ4v) is 7.19. The Balaban J connectivity index is 0.00000528. The van der Waals surface area contributed by atoms with E-state index in [-0.39, 0.29) is 155 Å². The zero-order valence-corrected chi connectivity index (χ0v) is 45.5. The Bertz CT molecular complexity index is 2430. The van der Waals surface area contributed by atoms with Gasteiger partial charge in [0.15, 0.2) is 0 Å². The van der Waals surface area contributed by atoms with Crippen molar-refractivity contribution in [2.75, 3.05) is 0 Å². The summed E-state index contributed by atoms with van der Waals surface area (Å²) in [5.74, 6) is -8.64. The number of carboxylic acid groups (broad SMARTS) is 4. The van der Waals surface area contributed by atoms with Crippen LogP contribution in [0.1, 0.15) is 66.2 Å². The summed E-state index contributed by atoms with van der Waals surface area (Å²) in [7, 11) is 0. The van der Waals surface area contributed by atoms with Gasteiger partial charge in [-0.1, -0.05) is 12.7 Å². The van der Waals surface area contributed by atoms with Crippen LogP contribution in [0.2, 0.25) is 0 Å². The van der Waals surface area contributed by atoms with Gasteiger partial charge in [0.05, 0.1) is 63.9 Å². The van der Waals surface area contributed by atoms with Crippen LogP contribution in [0.15, 0.2) is 132 Å². The number of rotatable bonds is 17. The van der Waals surface area contributed by atoms with E-state index in [0.717, 1.165) is 5.57 Å². The summed E-state index contributed by atoms with van der Waals surface area (Å²) >= 11 is 0. The van der Waals surface area contributed by atoms with E-state index in [2.05, 4.69) is 22.5 Å². The van der Waals surface area contributed by atoms with Crippen LogP contribution in [0.5, 0.6) is 0 Å². The zero-order valence-electron chi connectivity index (χ0n) is 37.5. The Morgan fingerprint density at radius 2 is 1.22 bits per heavy atom. The molecule has 19 nitrogen and oxygen atoms in total. The maximum Gasteiger partial charge on any atom is 1.00 e. The zero-order chi connectivity index (χ0) is 44.9. The molecule has 5 rings (SSSR count). The van der Waals surface area contributed by atoms with E-state index in [1.165, 1.54) is 19.2 Å². The molecule has 5 aliphatic rings. The molecule has 0 aliphatic carbocycles. The number of carbonyl (C=O) groups is 6. The summed E-state index contributed by atoms with van der Waals surface area (Å²) in [5, 5.41) is 74.2. The number of hydroxylamine groups is 1. The van der Waals surface area contributed by atoms with Crippen LogP contribution in [0, 0.1) is 0 Å². The molecule has 0 aromatic carbocycles. The van der Waals surface area contributed by atoms with Gasteiger partial charge in [-0.25, -0.2) is 15.0 Å². The summed E-state index contributed by atoms with van der Waals surface area (Å²) < 4.78 is 0. The average Bonchev–Trinajstić information content (AvgIpc) is 3.81. The molecule has 5 heterocycles. The first-order valence-corrected chi connectivity index (χ1v) is 18.8. The minimum atomic E-state index is -1.85. The van der Waals surface area contributed by atoms with Crippen LogP contribution in [0.4, 0.5) is 0 Å². The fraction of sp³-hybridized carbons (Fsp3) is 0.310. The summed E-state index contributed by atoms with van der Waals surface area (Å²) in [5.41, 5.74) is 7.20. The Labute approximate surface area is 462 Å². The quantitative estimate of drug-likeness (QED) is 0.0583. The molecule has 0 saturated heterocycles. The van der Waals surface area contributed by atoms with E-state index in [0.29, 0.717) is 67.7 Å². The van der Waals surface area contributed by atoms with Gasteiger partial charge in [-0.2, -0.15) is 0 Å². The van der Waals surface area contributed by atoms with Crippen LogP contribution in [-0.4, -0.2) is 80.8 Å². The number of carboxylic acids is 4. The first kappa shape index (κ1) is 59.8. The third kappa shape index (κ3) is 14.4. The van der Waals surface area contributed by atoms with Crippen molar-refractivity contribution in [1.82, 2.24) is 21.4 Å². The van der Waals surface area contributed by atoms with Crippen molar-refractivity contribution < 1.29 is 178 Å². The monoisotopic (exact) mass is 927 g/mol. The summed E-state index contributed by atoms with van der Waals surface area (Å²) in [6, 6.07) is -3.69. The average molecular weight is 928 g/mol. The maximum absolute atomic E-state index is 13.0. The van der Waals surface area contributed by atoms with E-state index >= 15 is 0 Å². The molecule has 0 spiro atoms. The predicted octanol–water partition coefficient (Wildman–Crippen LogP) is -14.5. The molecule has 65 heavy (non-hydrogen) atoms. The summed E-state index contributed by atoms with van der Waals surface area (Å²) in [4.78, 5) is 85.9. The molecule has 0 aromatic heterocycles. The van der Waals surface area contributed by atoms with Gasteiger partial charge in [0.1, 0.15) is 5.60 Å². The van der Waals surface area contributed by atoms with Crippen LogP contribution in [-0.2, 0) is 28.8 Å². The number of amides is 2. The van der Waals surface area contributed by atoms with Crippen molar-refractivity contribution in [2.45, 2.75) is 83.9 Å². The number of nitrogens with zero attached hydrogens (tertiary/aromatic N) is 3. The molecule has 2 amide bonds. The molecule has 320 valence electrons. The third-order valence-electron chi connectivity index (χ3n) is 10.5. The minimum Gasteiger partial charge on any atom is -0.550 e. The number of aliphatic carboxylic acids is 4. The molecular weight excluding hydrogens is 886 g/mol. The van der Waals surface area contributed by atoms with Gasteiger partial charge >= 0.3 is 118 Å². The second kappa shape index (κ2) is 25.8. The Morgan fingerprint density at radius 1 is 0.723 bits per heavy atom. The fourth-order valence-electron chi connectivity index (χ4n) is 7.19. The Kier molecular flexibility index (Phi) is 23.7. The largest absolute Gasteiger partial charge is 1.00 e. The van der Waals surface area contributed by atoms with Gasteiger partial charge in [0.25, 0.3) is 0 Å². The van der Waals surface area contributed by atoms with E-state index in [1.54, 1.807) is 44.2 Å². The van der Waals surface area contributed by atoms with Crippen LogP contribution in [0.25, 0.3) is 0 Å². The first-order chi connectivity index (χ1) is 28.7. The van der Waals surface area contributed by atoms with Crippen LogP contribution in [0.3, 0.4) is 0 Å². The topological polar surface area (TPSA) is 320 Å². The van der Waals surface area contributed by atoms with Crippen molar-refractivity contribution in [2.24, 2.45) is 15.0 Å². The van der Waals surface area contributed by atoms with Crippen molar-refractivity contribution in [3.8, 4) is 0 Å². The maximum atomic E-state index is 13.0. The molecule has 6 N–H and O–H groups in total. The van der Waals surface area contributed by atoms with E-state index in [1.807, 2.05) is 12.4 Å². The van der Waals surface area contributed by atoms with Crippen LogP contribution < -0.4 is 160 Å². The molecule has 5 aliphatic heterocycles. The Morgan fingerprint density at radius 3 is 1.72 bits per heavy atom. The standard InChI is InChI=1S/C42H45N7O12.4Na/c1-6-22-19(2)27-14-32-25(11-12-43-61)42(5,60)35(47-32)16-28-21(4)24(8-10-37(51)49-34(41(58)59)18-39(54)55)31(46-28)15-30-23(20(3)26(45-30)13-29(22)44-27)7-9-36(50)48-33(40(56)57)17-38(52)53;;;;/h6,11-16,33-34,43,47,60-61H,1,7-10,17-18H2,2-5H3,(H,48,50)(H,49,51)(H,52,53)(H,54,55)(H,56,57)(H,58,59);;;;/q;4*+1/p-4/b12-11+,26-13?,27-14?,31-15?,35-16?;;;;/t33-,34-,42?;;;;/m0..../s1. The molecular formula is C42H41N7Na4O12. The molecule has 0 fully saturated rings. The number of aliphatic hydroxyl groups is 1. The van der Waals surface area contributed by atoms with Crippen molar-refractivity contribution in [1.29, 1.82) is 0 Å².